The van der Waals surface area contributed by atoms with Gasteiger partial charge in [0.2, 0.25) is 0 Å². The van der Waals surface area contributed by atoms with Gasteiger partial charge >= 0.3 is 0 Å². The Bertz CT molecular complexity index is 144. The minimum absolute atomic E-state index is 0.493. The summed E-state index contributed by atoms with van der Waals surface area (Å²) in [5.41, 5.74) is 0.493. The second kappa shape index (κ2) is 2.46. The zero-order valence-electron chi connectivity index (χ0n) is 7.56. The van der Waals surface area contributed by atoms with E-state index in [2.05, 4.69) is 24.1 Å². The molecule has 0 amide bonds. The van der Waals surface area contributed by atoms with E-state index in [0.717, 1.165) is 5.92 Å². The maximum absolute atomic E-state index is 3.44. The summed E-state index contributed by atoms with van der Waals surface area (Å²) in [5, 5.41) is 3.44. The van der Waals surface area contributed by atoms with Gasteiger partial charge in [-0.15, -0.1) is 0 Å². The maximum atomic E-state index is 3.44. The molecule has 2 rings (SSSR count). The van der Waals surface area contributed by atoms with Crippen molar-refractivity contribution in [1.82, 2.24) is 10.2 Å². The molecule has 0 aromatic heterocycles. The van der Waals surface area contributed by atoms with E-state index in [-0.39, 0.29) is 0 Å². The number of hydrogen-bond donors (Lipinski definition) is 1. The van der Waals surface area contributed by atoms with E-state index in [1.165, 1.54) is 32.6 Å². The van der Waals surface area contributed by atoms with E-state index in [1.54, 1.807) is 0 Å². The largest absolute Gasteiger partial charge is 0.315 e. The molecule has 0 aliphatic carbocycles. The van der Waals surface area contributed by atoms with Gasteiger partial charge in [0.1, 0.15) is 0 Å². The van der Waals surface area contributed by atoms with Crippen LogP contribution in [0, 0.1) is 5.92 Å². The Balaban J connectivity index is 1.93. The van der Waals surface area contributed by atoms with Gasteiger partial charge in [-0.2, -0.15) is 0 Å². The molecule has 0 spiro atoms. The van der Waals surface area contributed by atoms with Crippen LogP contribution in [0.3, 0.4) is 0 Å². The van der Waals surface area contributed by atoms with Crippen molar-refractivity contribution in [3.05, 3.63) is 0 Å². The monoisotopic (exact) mass is 154 g/mol. The van der Waals surface area contributed by atoms with Crippen LogP contribution in [0.4, 0.5) is 0 Å². The molecule has 64 valence electrons. The molecule has 2 saturated heterocycles. The normalized spacial score (nSPS) is 40.9. The van der Waals surface area contributed by atoms with Gasteiger partial charge < -0.3 is 5.32 Å². The SMILES string of the molecule is CC1CN(C2(C)CCNC2)C1. The van der Waals surface area contributed by atoms with Gasteiger partial charge in [-0.3, -0.25) is 4.90 Å². The summed E-state index contributed by atoms with van der Waals surface area (Å²) in [7, 11) is 0. The lowest BCUT2D eigenvalue weighted by molar-refractivity contribution is 0.0124. The van der Waals surface area contributed by atoms with Gasteiger partial charge in [0.05, 0.1) is 0 Å². The third-order valence-corrected chi connectivity index (χ3v) is 3.17. The molecule has 2 nitrogen and oxygen atoms in total. The summed E-state index contributed by atoms with van der Waals surface area (Å²) in [5.74, 6) is 0.937. The summed E-state index contributed by atoms with van der Waals surface area (Å²) in [6.45, 7) is 9.76. The van der Waals surface area contributed by atoms with Gasteiger partial charge in [0, 0.05) is 25.2 Å². The highest BCUT2D eigenvalue weighted by Crippen LogP contribution is 2.29. The highest BCUT2D eigenvalue weighted by atomic mass is 15.3. The van der Waals surface area contributed by atoms with Crippen LogP contribution in [0.25, 0.3) is 0 Å². The van der Waals surface area contributed by atoms with Gasteiger partial charge in [-0.1, -0.05) is 6.92 Å². The van der Waals surface area contributed by atoms with Gasteiger partial charge in [-0.05, 0) is 25.8 Å². The average Bonchev–Trinajstić information content (AvgIpc) is 2.30. The van der Waals surface area contributed by atoms with Crippen LogP contribution >= 0.6 is 0 Å². The van der Waals surface area contributed by atoms with Crippen molar-refractivity contribution in [2.75, 3.05) is 26.2 Å². The van der Waals surface area contributed by atoms with Crippen molar-refractivity contribution in [3.63, 3.8) is 0 Å². The van der Waals surface area contributed by atoms with Crippen molar-refractivity contribution in [2.24, 2.45) is 5.92 Å². The average molecular weight is 154 g/mol. The molecule has 2 aliphatic rings. The predicted octanol–water partition coefficient (Wildman–Crippen LogP) is 0.690. The molecule has 0 saturated carbocycles. The topological polar surface area (TPSA) is 15.3 Å². The van der Waals surface area contributed by atoms with Crippen LogP contribution in [-0.2, 0) is 0 Å². The Morgan fingerprint density at radius 1 is 1.45 bits per heavy atom. The first kappa shape index (κ1) is 7.56. The van der Waals surface area contributed by atoms with Crippen LogP contribution in [-0.4, -0.2) is 36.6 Å². The summed E-state index contributed by atoms with van der Waals surface area (Å²) in [4.78, 5) is 2.62. The number of nitrogens with zero attached hydrogens (tertiary/aromatic N) is 1. The summed E-state index contributed by atoms with van der Waals surface area (Å²) in [6, 6.07) is 0. The number of likely N-dealkylation sites (tertiary alicyclic amines) is 1. The van der Waals surface area contributed by atoms with Crippen molar-refractivity contribution in [3.8, 4) is 0 Å². The second-order valence-corrected chi connectivity index (χ2v) is 4.43. The lowest BCUT2D eigenvalue weighted by atomic mass is 9.90. The third kappa shape index (κ3) is 1.18. The fourth-order valence-corrected chi connectivity index (χ4v) is 2.21. The summed E-state index contributed by atoms with van der Waals surface area (Å²) < 4.78 is 0. The van der Waals surface area contributed by atoms with Crippen LogP contribution in [0.1, 0.15) is 20.3 Å². The van der Waals surface area contributed by atoms with Crippen LogP contribution in [0.5, 0.6) is 0 Å². The lowest BCUT2D eigenvalue weighted by Crippen LogP contribution is -2.58. The standard InChI is InChI=1S/C9H18N2/c1-8-5-11(6-8)9(2)3-4-10-7-9/h8,10H,3-7H2,1-2H3. The molecule has 2 heterocycles. The minimum Gasteiger partial charge on any atom is -0.315 e. The number of nitrogens with one attached hydrogen (secondary N) is 1. The molecule has 0 bridgehead atoms. The molecule has 2 fully saturated rings. The Kier molecular flexibility index (Phi) is 1.69. The summed E-state index contributed by atoms with van der Waals surface area (Å²) in [6.07, 6.45) is 1.33. The molecule has 2 heteroatoms. The molecule has 11 heavy (non-hydrogen) atoms. The predicted molar refractivity (Wildman–Crippen MR) is 46.6 cm³/mol. The van der Waals surface area contributed by atoms with Gasteiger partial charge in [-0.25, -0.2) is 0 Å². The minimum atomic E-state index is 0.493. The van der Waals surface area contributed by atoms with Crippen LogP contribution < -0.4 is 5.32 Å². The van der Waals surface area contributed by atoms with E-state index in [1.807, 2.05) is 0 Å². The van der Waals surface area contributed by atoms with Gasteiger partial charge in [0.15, 0.2) is 0 Å². The first-order chi connectivity index (χ1) is 5.21. The smallest absolute Gasteiger partial charge is 0.0318 e. The van der Waals surface area contributed by atoms with Crippen molar-refractivity contribution in [2.45, 2.75) is 25.8 Å². The Morgan fingerprint density at radius 3 is 2.64 bits per heavy atom. The van der Waals surface area contributed by atoms with E-state index < -0.39 is 0 Å². The Labute approximate surface area is 69.0 Å². The zero-order chi connectivity index (χ0) is 7.90. The molecule has 1 unspecified atom stereocenters. The van der Waals surface area contributed by atoms with E-state index in [9.17, 15) is 0 Å². The second-order valence-electron chi connectivity index (χ2n) is 4.43. The maximum Gasteiger partial charge on any atom is 0.0318 e. The molecule has 0 radical (unpaired) electrons. The Morgan fingerprint density at radius 2 is 2.18 bits per heavy atom. The first-order valence-corrected chi connectivity index (χ1v) is 4.66. The number of rotatable bonds is 1. The quantitative estimate of drug-likeness (QED) is 0.598. The molecular formula is C9H18N2. The Hall–Kier alpha value is -0.0800. The summed E-state index contributed by atoms with van der Waals surface area (Å²) >= 11 is 0. The molecule has 2 aliphatic heterocycles. The first-order valence-electron chi connectivity index (χ1n) is 4.66. The lowest BCUT2D eigenvalue weighted by Gasteiger charge is -2.48. The van der Waals surface area contributed by atoms with E-state index in [4.69, 9.17) is 0 Å². The van der Waals surface area contributed by atoms with Crippen LogP contribution in [0.15, 0.2) is 0 Å². The highest BCUT2D eigenvalue weighted by Gasteiger charge is 2.40. The van der Waals surface area contributed by atoms with E-state index >= 15 is 0 Å². The number of hydrogen-bond acceptors (Lipinski definition) is 2. The van der Waals surface area contributed by atoms with E-state index in [0.29, 0.717) is 5.54 Å². The molecule has 1 atom stereocenters. The molecular weight excluding hydrogens is 136 g/mol. The van der Waals surface area contributed by atoms with Crippen LogP contribution in [0.2, 0.25) is 0 Å². The fraction of sp³-hybridized carbons (Fsp3) is 1.00. The highest BCUT2D eigenvalue weighted by molar-refractivity contribution is 4.98. The molecule has 1 N–H and O–H groups in total. The molecule has 0 aromatic rings. The van der Waals surface area contributed by atoms with Gasteiger partial charge in [0.25, 0.3) is 0 Å². The fourth-order valence-electron chi connectivity index (χ4n) is 2.21. The van der Waals surface area contributed by atoms with Crippen molar-refractivity contribution < 1.29 is 0 Å². The molecule has 0 aromatic carbocycles. The zero-order valence-corrected chi connectivity index (χ0v) is 7.56. The third-order valence-electron chi connectivity index (χ3n) is 3.17. The van der Waals surface area contributed by atoms with Crippen molar-refractivity contribution in [1.29, 1.82) is 0 Å². The van der Waals surface area contributed by atoms with Crippen molar-refractivity contribution >= 4 is 0 Å².